The molecule has 0 saturated carbocycles. The Labute approximate surface area is 198 Å². The summed E-state index contributed by atoms with van der Waals surface area (Å²) in [5, 5.41) is 0. The molecule has 148 valence electrons. The number of benzene rings is 2. The van der Waals surface area contributed by atoms with Gasteiger partial charge in [0.25, 0.3) is 0 Å². The normalized spacial score (nSPS) is 26.9. The van der Waals surface area contributed by atoms with E-state index in [1.54, 1.807) is 33.4 Å². The van der Waals surface area contributed by atoms with Crippen LogP contribution in [0.15, 0.2) is 35.4 Å². The molecule has 2 spiro atoms. The predicted molar refractivity (Wildman–Crippen MR) is 110 cm³/mol. The number of hydrogen-bond donors (Lipinski definition) is 0. The standard InChI is InChI=1S/C26H26.2ClH.Zr/c1-15-9-21-13-19-5-8-24-20(6-7-23(19)25(21)11-17(15)3)14-22-10-16(2)18(4)12-26(22)24;;;/h9-14H,5-8H2,1-4H3;2*1H;/q;;;+2/p-2. The van der Waals surface area contributed by atoms with Gasteiger partial charge in [-0.3, -0.25) is 0 Å². The Morgan fingerprint density at radius 1 is 0.621 bits per heavy atom. The number of fused-ring (bicyclic) bond motifs is 2. The molecule has 2 aliphatic carbocycles. The maximum absolute atomic E-state index is 2.60. The van der Waals surface area contributed by atoms with Gasteiger partial charge < -0.3 is 24.8 Å². The van der Waals surface area contributed by atoms with Crippen LogP contribution < -0.4 is 24.8 Å². The van der Waals surface area contributed by atoms with Gasteiger partial charge in [0.2, 0.25) is 0 Å². The van der Waals surface area contributed by atoms with Crippen molar-refractivity contribution < 1.29 is 48.0 Å². The molecule has 2 heterocycles. The van der Waals surface area contributed by atoms with Crippen LogP contribution in [0.5, 0.6) is 0 Å². The van der Waals surface area contributed by atoms with Crippen molar-refractivity contribution >= 4 is 12.2 Å². The third-order valence-corrected chi connectivity index (χ3v) is 14.2. The van der Waals surface area contributed by atoms with Gasteiger partial charge in [-0.25, -0.2) is 0 Å². The molecule has 2 atom stereocenters. The maximum Gasteiger partial charge on any atom is -1.00 e. The van der Waals surface area contributed by atoms with Gasteiger partial charge in [0.05, 0.1) is 0 Å². The van der Waals surface area contributed by atoms with Crippen LogP contribution in [0.25, 0.3) is 12.2 Å². The molecule has 0 aromatic heterocycles. The fourth-order valence-electron chi connectivity index (χ4n) is 6.21. The average Bonchev–Trinajstić information content (AvgIpc) is 3.08. The largest absolute Gasteiger partial charge is 1.00 e. The van der Waals surface area contributed by atoms with Gasteiger partial charge in [-0.2, -0.15) is 0 Å². The van der Waals surface area contributed by atoms with Crippen molar-refractivity contribution in [2.75, 3.05) is 0 Å². The molecule has 0 amide bonds. The number of allylic oxidation sites excluding steroid dienone is 2. The third-order valence-electron chi connectivity index (χ3n) is 7.97. The molecule has 2 aliphatic heterocycles. The van der Waals surface area contributed by atoms with Crippen molar-refractivity contribution in [2.45, 2.75) is 59.6 Å². The van der Waals surface area contributed by atoms with Gasteiger partial charge >= 0.3 is 175 Å². The predicted octanol–water partition coefficient (Wildman–Crippen LogP) is 0.483. The van der Waals surface area contributed by atoms with Crippen LogP contribution in [0.4, 0.5) is 0 Å². The van der Waals surface area contributed by atoms with Crippen LogP contribution in [0.2, 0.25) is 0 Å². The van der Waals surface area contributed by atoms with Gasteiger partial charge in [-0.15, -0.1) is 0 Å². The number of rotatable bonds is 0. The van der Waals surface area contributed by atoms with Crippen LogP contribution >= 0.6 is 0 Å². The second-order valence-corrected chi connectivity index (χ2v) is 14.1. The van der Waals surface area contributed by atoms with Crippen LogP contribution in [-0.4, -0.2) is 0 Å². The van der Waals surface area contributed by atoms with E-state index in [9.17, 15) is 0 Å². The zero-order valence-electron chi connectivity index (χ0n) is 17.5. The van der Waals surface area contributed by atoms with Crippen molar-refractivity contribution in [3.63, 3.8) is 0 Å². The van der Waals surface area contributed by atoms with Gasteiger partial charge in [0.15, 0.2) is 0 Å². The minimum absolute atomic E-state index is 0. The summed E-state index contributed by atoms with van der Waals surface area (Å²) in [5.74, 6) is 0. The van der Waals surface area contributed by atoms with E-state index in [1.807, 2.05) is 0 Å². The molecule has 6 rings (SSSR count). The Balaban J connectivity index is 0.00000102. The molecule has 2 bridgehead atoms. The van der Waals surface area contributed by atoms with Crippen LogP contribution in [0, 0.1) is 27.7 Å². The van der Waals surface area contributed by atoms with Gasteiger partial charge in [-0.1, -0.05) is 0 Å². The zero-order chi connectivity index (χ0) is 18.6. The number of halogens is 2. The molecule has 0 radical (unpaired) electrons. The van der Waals surface area contributed by atoms with Crippen LogP contribution in [0.3, 0.4) is 0 Å². The first-order valence-electron chi connectivity index (χ1n) is 10.4. The Kier molecular flexibility index (Phi) is 5.18. The second-order valence-electron chi connectivity index (χ2n) is 9.32. The van der Waals surface area contributed by atoms with Crippen molar-refractivity contribution in [1.82, 2.24) is 0 Å². The van der Waals surface area contributed by atoms with E-state index in [2.05, 4.69) is 64.1 Å². The van der Waals surface area contributed by atoms with Gasteiger partial charge in [0.1, 0.15) is 0 Å². The summed E-state index contributed by atoms with van der Waals surface area (Å²) in [6.07, 6.45) is 10.6. The fourth-order valence-corrected chi connectivity index (χ4v) is 12.7. The molecular weight excluding hydrogens is 474 g/mol. The first-order valence-corrected chi connectivity index (χ1v) is 12.8. The molecule has 2 fully saturated rings. The summed E-state index contributed by atoms with van der Waals surface area (Å²) in [4.78, 5) is 0. The monoisotopic (exact) mass is 498 g/mol. The van der Waals surface area contributed by atoms with E-state index >= 15 is 0 Å². The molecule has 0 nitrogen and oxygen atoms in total. The summed E-state index contributed by atoms with van der Waals surface area (Å²) >= 11 is -0.731. The van der Waals surface area contributed by atoms with Crippen molar-refractivity contribution in [2.24, 2.45) is 0 Å². The van der Waals surface area contributed by atoms with Crippen molar-refractivity contribution in [3.8, 4) is 0 Å². The van der Waals surface area contributed by atoms with Gasteiger partial charge in [0, 0.05) is 0 Å². The first-order chi connectivity index (χ1) is 12.9. The number of hydrogen-bond acceptors (Lipinski definition) is 0. The van der Waals surface area contributed by atoms with E-state index in [4.69, 9.17) is 0 Å². The fraction of sp³-hybridized carbons (Fsp3) is 0.385. The molecule has 2 unspecified atom stereocenters. The maximum atomic E-state index is 2.60. The third kappa shape index (κ3) is 2.66. The molecule has 4 aliphatic rings. The van der Waals surface area contributed by atoms with Crippen molar-refractivity contribution in [1.29, 1.82) is 0 Å². The second kappa shape index (κ2) is 6.95. The molecular formula is C26H26Cl2Zr. The smallest absolute Gasteiger partial charge is 1.00 e. The Morgan fingerprint density at radius 3 is 1.41 bits per heavy atom. The summed E-state index contributed by atoms with van der Waals surface area (Å²) in [6, 6.07) is 10.1. The molecule has 2 aromatic carbocycles. The average molecular weight is 501 g/mol. The zero-order valence-corrected chi connectivity index (χ0v) is 21.5. The topological polar surface area (TPSA) is 0 Å². The summed E-state index contributed by atoms with van der Waals surface area (Å²) in [7, 11) is 0. The van der Waals surface area contributed by atoms with Gasteiger partial charge in [-0.05, 0) is 0 Å². The minimum Gasteiger partial charge on any atom is -1.00 e. The van der Waals surface area contributed by atoms with E-state index in [0.717, 1.165) is 0 Å². The van der Waals surface area contributed by atoms with E-state index in [-0.39, 0.29) is 24.8 Å². The van der Waals surface area contributed by atoms with Crippen molar-refractivity contribution in [3.05, 3.63) is 79.9 Å². The molecule has 3 heteroatoms. The molecule has 29 heavy (non-hydrogen) atoms. The van der Waals surface area contributed by atoms with E-state index in [1.165, 1.54) is 47.9 Å². The first kappa shape index (κ1) is 21.6. The number of aryl methyl sites for hydroxylation is 4. The Morgan fingerprint density at radius 2 is 1.00 bits per heavy atom. The Bertz CT molecular complexity index is 1020. The minimum atomic E-state index is -0.731. The van der Waals surface area contributed by atoms with Crippen LogP contribution in [0.1, 0.15) is 70.2 Å². The summed E-state index contributed by atoms with van der Waals surface area (Å²) < 4.78 is 0.931. The molecule has 0 N–H and O–H groups in total. The molecule has 2 saturated heterocycles. The Hall–Kier alpha value is -0.617. The summed E-state index contributed by atoms with van der Waals surface area (Å²) in [5.41, 5.74) is 16.0. The SMILES string of the molecule is Cc1cc2c(cc1C)[C]13CCC4=Cc5cc(C)c(C)cc5[C]4(CCC1=C2)[Zr+2]3.[Cl-].[Cl-]. The molecule has 2 aromatic rings. The van der Waals surface area contributed by atoms with E-state index < -0.39 is 23.2 Å². The summed E-state index contributed by atoms with van der Waals surface area (Å²) in [6.45, 7) is 9.16. The quantitative estimate of drug-likeness (QED) is 0.494. The van der Waals surface area contributed by atoms with E-state index in [0.29, 0.717) is 6.25 Å². The van der Waals surface area contributed by atoms with Crippen LogP contribution in [-0.2, 0) is 29.5 Å².